The maximum absolute atomic E-state index is 14.5. The molecule has 1 aliphatic carbocycles. The van der Waals surface area contributed by atoms with Crippen LogP contribution in [-0.4, -0.2) is 6.61 Å². The third-order valence-corrected chi connectivity index (χ3v) is 7.22. The van der Waals surface area contributed by atoms with E-state index < -0.39 is 5.82 Å². The van der Waals surface area contributed by atoms with Crippen LogP contribution < -0.4 is 4.74 Å². The number of rotatable bonds is 9. The van der Waals surface area contributed by atoms with Crippen molar-refractivity contribution in [2.24, 2.45) is 5.92 Å². The van der Waals surface area contributed by atoms with Gasteiger partial charge in [-0.25, -0.2) is 4.39 Å². The lowest BCUT2D eigenvalue weighted by Gasteiger charge is -2.21. The van der Waals surface area contributed by atoms with E-state index in [4.69, 9.17) is 16.3 Å². The summed E-state index contributed by atoms with van der Waals surface area (Å²) in [7, 11) is 0. The zero-order chi connectivity index (χ0) is 23.9. The van der Waals surface area contributed by atoms with Crippen LogP contribution in [0.15, 0.2) is 66.7 Å². The molecule has 0 saturated heterocycles. The Morgan fingerprint density at radius 3 is 2.09 bits per heavy atom. The SMILES string of the molecule is CCCC1CC=C(c2ccc(CCc3ccc(-c4ccc(OCC)c(F)c4Cl)cc3)cc2)CC1. The minimum Gasteiger partial charge on any atom is -0.491 e. The number of hydrogen-bond donors (Lipinski definition) is 0. The average Bonchev–Trinajstić information content (AvgIpc) is 2.87. The summed E-state index contributed by atoms with van der Waals surface area (Å²) in [6.45, 7) is 4.51. The summed E-state index contributed by atoms with van der Waals surface area (Å²) in [4.78, 5) is 0. The van der Waals surface area contributed by atoms with Gasteiger partial charge in [0.15, 0.2) is 11.6 Å². The second-order valence-corrected chi connectivity index (χ2v) is 9.60. The quantitative estimate of drug-likeness (QED) is 0.299. The molecule has 3 aromatic rings. The van der Waals surface area contributed by atoms with Crippen molar-refractivity contribution in [3.05, 3.63) is 94.3 Å². The molecule has 0 saturated carbocycles. The van der Waals surface area contributed by atoms with Gasteiger partial charge < -0.3 is 4.74 Å². The van der Waals surface area contributed by atoms with Crippen LogP contribution in [0, 0.1) is 11.7 Å². The summed E-state index contributed by atoms with van der Waals surface area (Å²) in [5.41, 5.74) is 7.09. The maximum atomic E-state index is 14.5. The van der Waals surface area contributed by atoms with E-state index in [1.807, 2.05) is 25.1 Å². The first-order chi connectivity index (χ1) is 16.6. The summed E-state index contributed by atoms with van der Waals surface area (Å²) in [6.07, 6.45) is 10.8. The first-order valence-corrected chi connectivity index (χ1v) is 12.9. The van der Waals surface area contributed by atoms with Crippen LogP contribution in [-0.2, 0) is 12.8 Å². The lowest BCUT2D eigenvalue weighted by Crippen LogP contribution is -2.05. The zero-order valence-electron chi connectivity index (χ0n) is 20.2. The zero-order valence-corrected chi connectivity index (χ0v) is 21.0. The molecular formula is C31H34ClFO. The van der Waals surface area contributed by atoms with Crippen LogP contribution in [0.2, 0.25) is 5.02 Å². The molecule has 1 unspecified atom stereocenters. The molecule has 1 atom stereocenters. The van der Waals surface area contributed by atoms with Gasteiger partial charge in [-0.15, -0.1) is 0 Å². The smallest absolute Gasteiger partial charge is 0.184 e. The van der Waals surface area contributed by atoms with E-state index in [-0.39, 0.29) is 10.8 Å². The summed E-state index contributed by atoms with van der Waals surface area (Å²) in [5, 5.41) is 0.104. The molecule has 0 bridgehead atoms. The van der Waals surface area contributed by atoms with Gasteiger partial charge in [-0.1, -0.05) is 86.0 Å². The van der Waals surface area contributed by atoms with Gasteiger partial charge >= 0.3 is 0 Å². The molecule has 178 valence electrons. The number of allylic oxidation sites excluding steroid dienone is 2. The Morgan fingerprint density at radius 1 is 0.882 bits per heavy atom. The minimum atomic E-state index is -0.502. The van der Waals surface area contributed by atoms with Crippen molar-refractivity contribution in [1.29, 1.82) is 0 Å². The summed E-state index contributed by atoms with van der Waals surface area (Å²) >= 11 is 6.28. The number of hydrogen-bond acceptors (Lipinski definition) is 1. The van der Waals surface area contributed by atoms with Crippen LogP contribution >= 0.6 is 11.6 Å². The molecule has 3 aromatic carbocycles. The molecule has 34 heavy (non-hydrogen) atoms. The standard InChI is InChI=1S/C31H34ClFO/c1-3-5-22-8-14-25(15-9-22)26-16-10-23(11-17-26)6-7-24-12-18-27(19-13-24)28-20-21-29(34-4-2)31(33)30(28)32/h10-14,16-22H,3-9,15H2,1-2H3. The largest absolute Gasteiger partial charge is 0.491 e. The maximum Gasteiger partial charge on any atom is 0.184 e. The topological polar surface area (TPSA) is 9.23 Å². The molecule has 0 aromatic heterocycles. The Labute approximate surface area is 208 Å². The van der Waals surface area contributed by atoms with E-state index in [0.717, 1.165) is 24.3 Å². The Bertz CT molecular complexity index is 1120. The highest BCUT2D eigenvalue weighted by Gasteiger charge is 2.15. The third-order valence-electron chi connectivity index (χ3n) is 6.86. The molecule has 0 fully saturated rings. The second-order valence-electron chi connectivity index (χ2n) is 9.22. The predicted molar refractivity (Wildman–Crippen MR) is 142 cm³/mol. The average molecular weight is 477 g/mol. The van der Waals surface area contributed by atoms with Crippen LogP contribution in [0.4, 0.5) is 4.39 Å². The first-order valence-electron chi connectivity index (χ1n) is 12.6. The molecule has 0 heterocycles. The molecule has 0 N–H and O–H groups in total. The molecule has 0 amide bonds. The van der Waals surface area contributed by atoms with Gasteiger partial charge in [0.05, 0.1) is 11.6 Å². The molecule has 1 nitrogen and oxygen atoms in total. The van der Waals surface area contributed by atoms with E-state index >= 15 is 0 Å². The second kappa shape index (κ2) is 11.7. The van der Waals surface area contributed by atoms with Crippen LogP contribution in [0.25, 0.3) is 16.7 Å². The lowest BCUT2D eigenvalue weighted by atomic mass is 9.84. The highest BCUT2D eigenvalue weighted by atomic mass is 35.5. The highest BCUT2D eigenvalue weighted by molar-refractivity contribution is 6.33. The lowest BCUT2D eigenvalue weighted by molar-refractivity contribution is 0.322. The van der Waals surface area contributed by atoms with Gasteiger partial charge in [0, 0.05) is 5.56 Å². The van der Waals surface area contributed by atoms with Gasteiger partial charge in [-0.05, 0) is 84.9 Å². The van der Waals surface area contributed by atoms with Gasteiger partial charge in [0.2, 0.25) is 0 Å². The van der Waals surface area contributed by atoms with Crippen molar-refractivity contribution >= 4 is 17.2 Å². The van der Waals surface area contributed by atoms with Crippen molar-refractivity contribution < 1.29 is 9.13 Å². The minimum absolute atomic E-state index is 0.104. The predicted octanol–water partition coefficient (Wildman–Crippen LogP) is 9.31. The van der Waals surface area contributed by atoms with Crippen LogP contribution in [0.1, 0.15) is 62.6 Å². The number of ether oxygens (including phenoxy) is 1. The van der Waals surface area contributed by atoms with Crippen molar-refractivity contribution in [3.8, 4) is 16.9 Å². The van der Waals surface area contributed by atoms with Crippen molar-refractivity contribution in [1.82, 2.24) is 0 Å². The normalized spacial score (nSPS) is 15.8. The van der Waals surface area contributed by atoms with Gasteiger partial charge in [0.1, 0.15) is 0 Å². The Morgan fingerprint density at radius 2 is 1.53 bits per heavy atom. The van der Waals surface area contributed by atoms with E-state index in [9.17, 15) is 4.39 Å². The van der Waals surface area contributed by atoms with Crippen molar-refractivity contribution in [3.63, 3.8) is 0 Å². The fraction of sp³-hybridized carbons (Fsp3) is 0.355. The summed E-state index contributed by atoms with van der Waals surface area (Å²) in [6, 6.07) is 20.8. The van der Waals surface area contributed by atoms with Crippen LogP contribution in [0.3, 0.4) is 0 Å². The van der Waals surface area contributed by atoms with Gasteiger partial charge in [0.25, 0.3) is 0 Å². The number of halogens is 2. The van der Waals surface area contributed by atoms with Crippen molar-refractivity contribution in [2.45, 2.75) is 58.8 Å². The Hall–Kier alpha value is -2.58. The molecule has 0 radical (unpaired) electrons. The Balaban J connectivity index is 1.35. The monoisotopic (exact) mass is 476 g/mol. The van der Waals surface area contributed by atoms with E-state index in [1.165, 1.54) is 54.4 Å². The van der Waals surface area contributed by atoms with Crippen molar-refractivity contribution in [2.75, 3.05) is 6.61 Å². The summed E-state index contributed by atoms with van der Waals surface area (Å²) < 4.78 is 19.8. The van der Waals surface area contributed by atoms with E-state index in [0.29, 0.717) is 12.2 Å². The highest BCUT2D eigenvalue weighted by Crippen LogP contribution is 2.35. The number of benzene rings is 3. The molecule has 4 rings (SSSR count). The van der Waals surface area contributed by atoms with Crippen LogP contribution in [0.5, 0.6) is 5.75 Å². The van der Waals surface area contributed by atoms with Gasteiger partial charge in [-0.3, -0.25) is 0 Å². The first kappa shape index (κ1) is 24.5. The molecule has 3 heteroatoms. The van der Waals surface area contributed by atoms with E-state index in [1.54, 1.807) is 6.07 Å². The molecule has 0 spiro atoms. The van der Waals surface area contributed by atoms with Gasteiger partial charge in [-0.2, -0.15) is 0 Å². The van der Waals surface area contributed by atoms with E-state index in [2.05, 4.69) is 49.4 Å². The Kier molecular flexibility index (Phi) is 8.45. The molecular weight excluding hydrogens is 443 g/mol. The number of aryl methyl sites for hydroxylation is 2. The third kappa shape index (κ3) is 5.91. The summed E-state index contributed by atoms with van der Waals surface area (Å²) in [5.74, 6) is 0.571. The fourth-order valence-corrected chi connectivity index (χ4v) is 5.13. The molecule has 1 aliphatic rings. The molecule has 0 aliphatic heterocycles. The fourth-order valence-electron chi connectivity index (χ4n) is 4.87.